The zero-order valence-corrected chi connectivity index (χ0v) is 13.4. The van der Waals surface area contributed by atoms with Gasteiger partial charge in [-0.3, -0.25) is 4.79 Å². The second-order valence-corrected chi connectivity index (χ2v) is 6.01. The highest BCUT2D eigenvalue weighted by Crippen LogP contribution is 2.27. The summed E-state index contributed by atoms with van der Waals surface area (Å²) in [5.41, 5.74) is 0. The zero-order valence-electron chi connectivity index (χ0n) is 13.4. The van der Waals surface area contributed by atoms with Crippen molar-refractivity contribution in [1.82, 2.24) is 10.2 Å². The lowest BCUT2D eigenvalue weighted by Gasteiger charge is -2.23. The number of carboxylic acids is 1. The van der Waals surface area contributed by atoms with Crippen LogP contribution in [0.5, 0.6) is 0 Å². The Bertz CT molecular complexity index is 329. The Morgan fingerprint density at radius 1 is 1.29 bits per heavy atom. The number of nitrogens with one attached hydrogen (secondary N) is 1. The minimum atomic E-state index is -0.739. The van der Waals surface area contributed by atoms with Crippen LogP contribution in [0.25, 0.3) is 0 Å². The first kappa shape index (κ1) is 17.8. The molecule has 1 aliphatic carbocycles. The topological polar surface area (TPSA) is 69.6 Å². The van der Waals surface area contributed by atoms with Gasteiger partial charge in [0, 0.05) is 25.6 Å². The molecule has 1 unspecified atom stereocenters. The number of urea groups is 1. The summed E-state index contributed by atoms with van der Waals surface area (Å²) in [6.45, 7) is 5.71. The van der Waals surface area contributed by atoms with Gasteiger partial charge in [0.25, 0.3) is 0 Å². The largest absolute Gasteiger partial charge is 0.481 e. The van der Waals surface area contributed by atoms with Crippen molar-refractivity contribution in [2.24, 2.45) is 5.92 Å². The van der Waals surface area contributed by atoms with Crippen LogP contribution in [0.2, 0.25) is 0 Å². The Hall–Kier alpha value is -1.26. The van der Waals surface area contributed by atoms with Gasteiger partial charge in [-0.05, 0) is 38.0 Å². The molecule has 0 saturated heterocycles. The van der Waals surface area contributed by atoms with Gasteiger partial charge in [0.15, 0.2) is 0 Å². The van der Waals surface area contributed by atoms with Gasteiger partial charge < -0.3 is 15.3 Å². The summed E-state index contributed by atoms with van der Waals surface area (Å²) in [6.07, 6.45) is 7.17. The van der Waals surface area contributed by atoms with E-state index in [0.717, 1.165) is 45.1 Å². The highest BCUT2D eigenvalue weighted by Gasteiger charge is 2.31. The average molecular weight is 298 g/mol. The summed E-state index contributed by atoms with van der Waals surface area (Å²) in [7, 11) is 0. The number of aliphatic carboxylic acids is 1. The van der Waals surface area contributed by atoms with Crippen LogP contribution >= 0.6 is 0 Å². The number of carboxylic acid groups (broad SMARTS) is 1. The maximum atomic E-state index is 12.2. The van der Waals surface area contributed by atoms with E-state index < -0.39 is 5.97 Å². The number of carbonyl (C=O) groups is 2. The summed E-state index contributed by atoms with van der Waals surface area (Å²) in [5.74, 6) is -0.358. The molecule has 0 aliphatic heterocycles. The van der Waals surface area contributed by atoms with Crippen molar-refractivity contribution in [3.8, 4) is 0 Å². The number of unbranched alkanes of at least 4 members (excludes halogenated alkanes) is 1. The van der Waals surface area contributed by atoms with Crippen molar-refractivity contribution in [2.45, 2.75) is 71.3 Å². The van der Waals surface area contributed by atoms with Crippen molar-refractivity contribution in [1.29, 1.82) is 0 Å². The number of rotatable bonds is 11. The minimum absolute atomic E-state index is 0.0547. The van der Waals surface area contributed by atoms with E-state index >= 15 is 0 Å². The first-order valence-corrected chi connectivity index (χ1v) is 8.34. The summed E-state index contributed by atoms with van der Waals surface area (Å²) in [4.78, 5) is 24.8. The number of hydrogen-bond donors (Lipinski definition) is 2. The molecule has 0 heterocycles. The molecule has 1 fully saturated rings. The van der Waals surface area contributed by atoms with Gasteiger partial charge in [-0.15, -0.1) is 0 Å². The molecule has 1 atom stereocenters. The van der Waals surface area contributed by atoms with Crippen LogP contribution in [0.4, 0.5) is 4.79 Å². The van der Waals surface area contributed by atoms with E-state index in [4.69, 9.17) is 5.11 Å². The average Bonchev–Trinajstić information content (AvgIpc) is 3.27. The van der Waals surface area contributed by atoms with Crippen LogP contribution in [0.1, 0.15) is 65.2 Å². The van der Waals surface area contributed by atoms with E-state index in [-0.39, 0.29) is 12.5 Å². The Kier molecular flexibility index (Phi) is 8.16. The van der Waals surface area contributed by atoms with Gasteiger partial charge in [0.05, 0.1) is 0 Å². The highest BCUT2D eigenvalue weighted by atomic mass is 16.4. The molecule has 1 rings (SSSR count). The summed E-state index contributed by atoms with van der Waals surface area (Å²) >= 11 is 0. The standard InChI is InChI=1S/C16H30N2O3/c1-3-5-12-18(14-7-8-14)16(21)17-11-10-13(4-2)6-9-15(19)20/h13-14H,3-12H2,1-2H3,(H,17,21)(H,19,20). The summed E-state index contributed by atoms with van der Waals surface area (Å²) in [6, 6.07) is 0.504. The van der Waals surface area contributed by atoms with Crippen LogP contribution < -0.4 is 5.32 Å². The molecule has 0 spiro atoms. The highest BCUT2D eigenvalue weighted by molar-refractivity contribution is 5.74. The van der Waals surface area contributed by atoms with E-state index in [0.29, 0.717) is 24.9 Å². The van der Waals surface area contributed by atoms with E-state index in [1.807, 2.05) is 4.90 Å². The second kappa shape index (κ2) is 9.64. The van der Waals surface area contributed by atoms with E-state index in [1.165, 1.54) is 0 Å². The van der Waals surface area contributed by atoms with Crippen LogP contribution in [-0.2, 0) is 4.79 Å². The Morgan fingerprint density at radius 2 is 2.00 bits per heavy atom. The van der Waals surface area contributed by atoms with Crippen molar-refractivity contribution in [2.75, 3.05) is 13.1 Å². The molecule has 5 heteroatoms. The summed E-state index contributed by atoms with van der Waals surface area (Å²) in [5, 5.41) is 11.7. The fourth-order valence-corrected chi connectivity index (χ4v) is 2.53. The second-order valence-electron chi connectivity index (χ2n) is 6.01. The number of hydrogen-bond acceptors (Lipinski definition) is 2. The van der Waals surface area contributed by atoms with Gasteiger partial charge in [0.1, 0.15) is 0 Å². The van der Waals surface area contributed by atoms with Crippen LogP contribution in [0.15, 0.2) is 0 Å². The number of carbonyl (C=O) groups excluding carboxylic acids is 1. The lowest BCUT2D eigenvalue weighted by atomic mass is 9.97. The predicted octanol–water partition coefficient (Wildman–Crippen LogP) is 3.24. The summed E-state index contributed by atoms with van der Waals surface area (Å²) < 4.78 is 0. The van der Waals surface area contributed by atoms with Crippen LogP contribution in [0, 0.1) is 5.92 Å². The van der Waals surface area contributed by atoms with E-state index in [2.05, 4.69) is 19.2 Å². The smallest absolute Gasteiger partial charge is 0.317 e. The van der Waals surface area contributed by atoms with Gasteiger partial charge >= 0.3 is 12.0 Å². The van der Waals surface area contributed by atoms with Gasteiger partial charge in [-0.25, -0.2) is 4.79 Å². The number of amides is 2. The molecule has 1 aliphatic rings. The molecule has 2 N–H and O–H groups in total. The first-order chi connectivity index (χ1) is 10.1. The van der Waals surface area contributed by atoms with Crippen molar-refractivity contribution >= 4 is 12.0 Å². The Labute approximate surface area is 128 Å². The van der Waals surface area contributed by atoms with Crippen molar-refractivity contribution < 1.29 is 14.7 Å². The fraction of sp³-hybridized carbons (Fsp3) is 0.875. The lowest BCUT2D eigenvalue weighted by molar-refractivity contribution is -0.137. The van der Waals surface area contributed by atoms with Crippen molar-refractivity contribution in [3.63, 3.8) is 0 Å². The molecule has 0 aromatic heterocycles. The van der Waals surface area contributed by atoms with E-state index in [1.54, 1.807) is 0 Å². The van der Waals surface area contributed by atoms with Gasteiger partial charge in [0.2, 0.25) is 0 Å². The molecule has 5 nitrogen and oxygen atoms in total. The quantitative estimate of drug-likeness (QED) is 0.615. The molecule has 0 radical (unpaired) electrons. The third kappa shape index (κ3) is 7.34. The Morgan fingerprint density at radius 3 is 2.52 bits per heavy atom. The molecule has 0 bridgehead atoms. The molecule has 2 amide bonds. The zero-order chi connectivity index (χ0) is 15.7. The van der Waals surface area contributed by atoms with E-state index in [9.17, 15) is 9.59 Å². The van der Waals surface area contributed by atoms with Gasteiger partial charge in [-0.2, -0.15) is 0 Å². The molecule has 0 aromatic rings. The van der Waals surface area contributed by atoms with Crippen molar-refractivity contribution in [3.05, 3.63) is 0 Å². The molecule has 0 aromatic carbocycles. The molecular weight excluding hydrogens is 268 g/mol. The monoisotopic (exact) mass is 298 g/mol. The lowest BCUT2D eigenvalue weighted by Crippen LogP contribution is -2.42. The maximum absolute atomic E-state index is 12.2. The van der Waals surface area contributed by atoms with Crippen LogP contribution in [0.3, 0.4) is 0 Å². The Balaban J connectivity index is 2.24. The number of nitrogens with zero attached hydrogens (tertiary/aromatic N) is 1. The normalized spacial score (nSPS) is 15.5. The minimum Gasteiger partial charge on any atom is -0.481 e. The van der Waals surface area contributed by atoms with Crippen LogP contribution in [-0.4, -0.2) is 41.1 Å². The first-order valence-electron chi connectivity index (χ1n) is 8.34. The third-order valence-corrected chi connectivity index (χ3v) is 4.17. The fourth-order valence-electron chi connectivity index (χ4n) is 2.53. The van der Waals surface area contributed by atoms with Gasteiger partial charge in [-0.1, -0.05) is 26.7 Å². The molecule has 21 heavy (non-hydrogen) atoms. The maximum Gasteiger partial charge on any atom is 0.317 e. The molecular formula is C16H30N2O3. The predicted molar refractivity (Wildman–Crippen MR) is 83.3 cm³/mol. The molecule has 122 valence electrons. The SMILES string of the molecule is CCCCN(C(=O)NCCC(CC)CCC(=O)O)C1CC1. The molecule has 1 saturated carbocycles. The third-order valence-electron chi connectivity index (χ3n) is 4.17.